The van der Waals surface area contributed by atoms with Crippen molar-refractivity contribution >= 4 is 44.3 Å². The van der Waals surface area contributed by atoms with Crippen LogP contribution in [-0.4, -0.2) is 16.8 Å². The van der Waals surface area contributed by atoms with Crippen LogP contribution in [0.2, 0.25) is 0 Å². The molecule has 1 aromatic heterocycles. The molecular weight excluding hydrogens is 482 g/mol. The second-order valence-corrected chi connectivity index (χ2v) is 9.08. The van der Waals surface area contributed by atoms with Crippen molar-refractivity contribution in [3.05, 3.63) is 111 Å². The molecule has 0 saturated heterocycles. The number of nitrogens with zero attached hydrogens (tertiary/aromatic N) is 1. The molecule has 0 spiro atoms. The standard InChI is InChI=1S/C27H20BrNO4/c1-15-8-10-20(16(2)12-15)29-24(17-6-4-3-5-7-17)23(26(31)27(29)32)25(30)22-14-18-13-19(28)9-11-21(18)33-22/h3-14,24,31H,1-2H3. The van der Waals surface area contributed by atoms with E-state index in [0.717, 1.165) is 26.5 Å². The lowest BCUT2D eigenvalue weighted by atomic mass is 9.94. The van der Waals surface area contributed by atoms with Crippen molar-refractivity contribution in [2.75, 3.05) is 4.90 Å². The summed E-state index contributed by atoms with van der Waals surface area (Å²) >= 11 is 3.42. The fourth-order valence-corrected chi connectivity index (χ4v) is 4.75. The third-order valence-corrected chi connectivity index (χ3v) is 6.38. The molecule has 6 heteroatoms. The number of benzene rings is 3. The van der Waals surface area contributed by atoms with E-state index in [1.54, 1.807) is 12.1 Å². The third-order valence-electron chi connectivity index (χ3n) is 5.88. The Morgan fingerprint density at radius 3 is 2.48 bits per heavy atom. The first-order valence-electron chi connectivity index (χ1n) is 10.5. The van der Waals surface area contributed by atoms with Crippen LogP contribution in [0.4, 0.5) is 5.69 Å². The van der Waals surface area contributed by atoms with Gasteiger partial charge in [-0.2, -0.15) is 0 Å². The van der Waals surface area contributed by atoms with Crippen LogP contribution in [-0.2, 0) is 4.79 Å². The van der Waals surface area contributed by atoms with Crippen molar-refractivity contribution in [3.8, 4) is 0 Å². The van der Waals surface area contributed by atoms with Gasteiger partial charge in [-0.3, -0.25) is 14.5 Å². The monoisotopic (exact) mass is 501 g/mol. The van der Waals surface area contributed by atoms with Gasteiger partial charge in [0, 0.05) is 15.5 Å². The van der Waals surface area contributed by atoms with E-state index in [1.807, 2.05) is 74.5 Å². The number of Topliss-reactive ketones (excluding diaryl/α,β-unsaturated/α-hetero) is 1. The molecule has 1 aliphatic heterocycles. The highest BCUT2D eigenvalue weighted by Crippen LogP contribution is 2.43. The lowest BCUT2D eigenvalue weighted by Crippen LogP contribution is -2.31. The van der Waals surface area contributed by atoms with Gasteiger partial charge in [0.1, 0.15) is 5.58 Å². The van der Waals surface area contributed by atoms with Crippen molar-refractivity contribution in [2.45, 2.75) is 19.9 Å². The van der Waals surface area contributed by atoms with Crippen LogP contribution in [0.5, 0.6) is 0 Å². The lowest BCUT2D eigenvalue weighted by Gasteiger charge is -2.28. The summed E-state index contributed by atoms with van der Waals surface area (Å²) in [6.45, 7) is 3.88. The first kappa shape index (κ1) is 21.2. The van der Waals surface area contributed by atoms with E-state index in [9.17, 15) is 14.7 Å². The Bertz CT molecular complexity index is 1450. The van der Waals surface area contributed by atoms with Gasteiger partial charge in [-0.1, -0.05) is 64.0 Å². The molecule has 0 saturated carbocycles. The zero-order valence-corrected chi connectivity index (χ0v) is 19.6. The smallest absolute Gasteiger partial charge is 0.294 e. The predicted molar refractivity (Wildman–Crippen MR) is 130 cm³/mol. The summed E-state index contributed by atoms with van der Waals surface area (Å²) in [6.07, 6.45) is 0. The highest BCUT2D eigenvalue weighted by Gasteiger charge is 2.45. The molecule has 33 heavy (non-hydrogen) atoms. The van der Waals surface area contributed by atoms with Gasteiger partial charge in [-0.05, 0) is 55.3 Å². The second-order valence-electron chi connectivity index (χ2n) is 8.16. The average Bonchev–Trinajstić information content (AvgIpc) is 3.33. The molecule has 4 aromatic rings. The van der Waals surface area contributed by atoms with E-state index in [2.05, 4.69) is 15.9 Å². The van der Waals surface area contributed by atoms with Crippen molar-refractivity contribution in [1.82, 2.24) is 0 Å². The number of fused-ring (bicyclic) bond motifs is 1. The maximum atomic E-state index is 13.7. The number of carbonyl (C=O) groups excluding carboxylic acids is 2. The zero-order valence-electron chi connectivity index (χ0n) is 18.0. The first-order valence-corrected chi connectivity index (χ1v) is 11.3. The van der Waals surface area contributed by atoms with Crippen molar-refractivity contribution in [2.24, 2.45) is 0 Å². The molecule has 1 atom stereocenters. The van der Waals surface area contributed by atoms with Gasteiger partial charge in [0.05, 0.1) is 11.6 Å². The van der Waals surface area contributed by atoms with Gasteiger partial charge in [0.2, 0.25) is 5.78 Å². The minimum Gasteiger partial charge on any atom is -0.503 e. The maximum absolute atomic E-state index is 13.7. The Balaban J connectivity index is 1.67. The molecule has 0 aliphatic carbocycles. The summed E-state index contributed by atoms with van der Waals surface area (Å²) in [5.41, 5.74) is 3.85. The van der Waals surface area contributed by atoms with Crippen molar-refractivity contribution < 1.29 is 19.1 Å². The largest absolute Gasteiger partial charge is 0.503 e. The molecule has 3 aromatic carbocycles. The molecule has 0 bridgehead atoms. The molecule has 0 radical (unpaired) electrons. The molecular formula is C27H20BrNO4. The predicted octanol–water partition coefficient (Wildman–Crippen LogP) is 6.60. The quantitative estimate of drug-likeness (QED) is 0.320. The molecule has 164 valence electrons. The van der Waals surface area contributed by atoms with Gasteiger partial charge in [0.25, 0.3) is 5.91 Å². The van der Waals surface area contributed by atoms with Crippen LogP contribution in [0, 0.1) is 13.8 Å². The summed E-state index contributed by atoms with van der Waals surface area (Å²) < 4.78 is 6.66. The van der Waals surface area contributed by atoms with Crippen LogP contribution in [0.25, 0.3) is 11.0 Å². The summed E-state index contributed by atoms with van der Waals surface area (Å²) in [7, 11) is 0. The molecule has 1 N–H and O–H groups in total. The molecule has 1 amide bonds. The topological polar surface area (TPSA) is 70.8 Å². The zero-order chi connectivity index (χ0) is 23.3. The Labute approximate surface area is 199 Å². The summed E-state index contributed by atoms with van der Waals surface area (Å²) in [5, 5.41) is 11.7. The normalized spacial score (nSPS) is 16.2. The number of hydrogen-bond acceptors (Lipinski definition) is 4. The average molecular weight is 502 g/mol. The van der Waals surface area contributed by atoms with Gasteiger partial charge in [-0.25, -0.2) is 0 Å². The van der Waals surface area contributed by atoms with Crippen LogP contribution < -0.4 is 4.90 Å². The van der Waals surface area contributed by atoms with Crippen LogP contribution in [0.3, 0.4) is 0 Å². The minimum absolute atomic E-state index is 0.00398. The number of aliphatic hydroxyl groups excluding tert-OH is 1. The second kappa shape index (κ2) is 8.05. The minimum atomic E-state index is -0.785. The number of ketones is 1. The number of carbonyl (C=O) groups is 2. The first-order chi connectivity index (χ1) is 15.8. The summed E-state index contributed by atoms with van der Waals surface area (Å²) in [5.74, 6) is -1.62. The molecule has 0 fully saturated rings. The van der Waals surface area contributed by atoms with E-state index in [0.29, 0.717) is 11.3 Å². The van der Waals surface area contributed by atoms with Crippen LogP contribution in [0.15, 0.2) is 93.0 Å². The van der Waals surface area contributed by atoms with E-state index in [4.69, 9.17) is 4.42 Å². The van der Waals surface area contributed by atoms with E-state index in [-0.39, 0.29) is 11.3 Å². The van der Waals surface area contributed by atoms with Crippen molar-refractivity contribution in [1.29, 1.82) is 0 Å². The Hall–Kier alpha value is -3.64. The third kappa shape index (κ3) is 3.56. The number of rotatable bonds is 4. The number of amides is 1. The maximum Gasteiger partial charge on any atom is 0.294 e. The number of furan rings is 1. The number of anilines is 1. The summed E-state index contributed by atoms with van der Waals surface area (Å²) in [4.78, 5) is 28.5. The van der Waals surface area contributed by atoms with E-state index < -0.39 is 23.5 Å². The van der Waals surface area contributed by atoms with Gasteiger partial charge in [0.15, 0.2) is 11.5 Å². The van der Waals surface area contributed by atoms with E-state index in [1.165, 1.54) is 4.90 Å². The highest BCUT2D eigenvalue weighted by molar-refractivity contribution is 9.10. The van der Waals surface area contributed by atoms with Gasteiger partial charge in [-0.15, -0.1) is 0 Å². The molecule has 5 nitrogen and oxygen atoms in total. The molecule has 2 heterocycles. The SMILES string of the molecule is Cc1ccc(N2C(=O)C(O)=C(C(=O)c3cc4cc(Br)ccc4o3)C2c2ccccc2)c(C)c1. The number of hydrogen-bond donors (Lipinski definition) is 1. The molecule has 1 unspecified atom stereocenters. The fourth-order valence-electron chi connectivity index (χ4n) is 4.37. The Kier molecular flexibility index (Phi) is 5.17. The summed E-state index contributed by atoms with van der Waals surface area (Å²) in [6, 6.07) is 21.2. The number of halogens is 1. The van der Waals surface area contributed by atoms with Gasteiger partial charge >= 0.3 is 0 Å². The van der Waals surface area contributed by atoms with Crippen molar-refractivity contribution in [3.63, 3.8) is 0 Å². The highest BCUT2D eigenvalue weighted by atomic mass is 79.9. The molecule has 5 rings (SSSR count). The lowest BCUT2D eigenvalue weighted by molar-refractivity contribution is -0.117. The number of aliphatic hydroxyl groups is 1. The Morgan fingerprint density at radius 2 is 1.76 bits per heavy atom. The van der Waals surface area contributed by atoms with E-state index >= 15 is 0 Å². The Morgan fingerprint density at radius 1 is 1.00 bits per heavy atom. The fraction of sp³-hybridized carbons (Fsp3) is 0.111. The number of aryl methyl sites for hydroxylation is 2. The van der Waals surface area contributed by atoms with Crippen LogP contribution >= 0.6 is 15.9 Å². The van der Waals surface area contributed by atoms with Crippen LogP contribution in [0.1, 0.15) is 33.3 Å². The molecule has 1 aliphatic rings. The van der Waals surface area contributed by atoms with Gasteiger partial charge < -0.3 is 9.52 Å².